The van der Waals surface area contributed by atoms with Crippen LogP contribution in [-0.4, -0.2) is 35.8 Å². The smallest absolute Gasteiger partial charge is 0.341 e. The summed E-state index contributed by atoms with van der Waals surface area (Å²) in [6, 6.07) is 3.51. The highest BCUT2D eigenvalue weighted by molar-refractivity contribution is 7.98. The molecule has 1 heterocycles. The van der Waals surface area contributed by atoms with Crippen molar-refractivity contribution in [3.63, 3.8) is 0 Å². The molecule has 0 radical (unpaired) electrons. The number of aromatic nitrogens is 1. The standard InChI is InChI=1S/C21H28N2O3S/c1-13(21-9-14-6-15(10-21)8-16(7-14)11-21)23-18(24)12-26-20(25)17-4-3-5-22-19(17)27-2/h3-5,13-16H,6-12H2,1-2H3,(H,23,24)/t13-,14?,15?,16?,21?/m0/s1. The predicted octanol–water partition coefficient (Wildman–Crippen LogP) is 3.68. The second kappa shape index (κ2) is 7.46. The third kappa shape index (κ3) is 3.73. The number of thioether (sulfide) groups is 1. The zero-order valence-corrected chi connectivity index (χ0v) is 16.9. The number of hydrogen-bond donors (Lipinski definition) is 1. The summed E-state index contributed by atoms with van der Waals surface area (Å²) in [5.74, 6) is 1.85. The van der Waals surface area contributed by atoms with Crippen LogP contribution in [0.25, 0.3) is 0 Å². The van der Waals surface area contributed by atoms with Gasteiger partial charge in [0.1, 0.15) is 5.03 Å². The quantitative estimate of drug-likeness (QED) is 0.595. The fraction of sp³-hybridized carbons (Fsp3) is 0.667. The predicted molar refractivity (Wildman–Crippen MR) is 105 cm³/mol. The van der Waals surface area contributed by atoms with Crippen LogP contribution in [0, 0.1) is 23.2 Å². The lowest BCUT2D eigenvalue weighted by Gasteiger charge is -2.59. The van der Waals surface area contributed by atoms with Gasteiger partial charge in [0.2, 0.25) is 0 Å². The molecule has 0 saturated heterocycles. The van der Waals surface area contributed by atoms with Gasteiger partial charge < -0.3 is 10.1 Å². The molecule has 1 aromatic heterocycles. The molecule has 4 fully saturated rings. The summed E-state index contributed by atoms with van der Waals surface area (Å²) in [7, 11) is 0. The molecular weight excluding hydrogens is 360 g/mol. The third-order valence-corrected chi connectivity index (χ3v) is 7.61. The van der Waals surface area contributed by atoms with Gasteiger partial charge in [0.25, 0.3) is 5.91 Å². The van der Waals surface area contributed by atoms with Crippen molar-refractivity contribution < 1.29 is 14.3 Å². The molecule has 0 aromatic carbocycles. The molecule has 5 nitrogen and oxygen atoms in total. The van der Waals surface area contributed by atoms with Crippen molar-refractivity contribution in [3.05, 3.63) is 23.9 Å². The van der Waals surface area contributed by atoms with E-state index < -0.39 is 5.97 Å². The topological polar surface area (TPSA) is 68.3 Å². The van der Waals surface area contributed by atoms with Crippen LogP contribution in [-0.2, 0) is 9.53 Å². The zero-order valence-electron chi connectivity index (χ0n) is 16.1. The van der Waals surface area contributed by atoms with E-state index >= 15 is 0 Å². The van der Waals surface area contributed by atoms with Crippen LogP contribution in [0.2, 0.25) is 0 Å². The van der Waals surface area contributed by atoms with Crippen molar-refractivity contribution in [2.75, 3.05) is 12.9 Å². The lowest BCUT2D eigenvalue weighted by molar-refractivity contribution is -0.128. The zero-order chi connectivity index (χ0) is 19.0. The molecule has 1 atom stereocenters. The van der Waals surface area contributed by atoms with E-state index in [0.29, 0.717) is 10.6 Å². The van der Waals surface area contributed by atoms with E-state index in [-0.39, 0.29) is 24.0 Å². The summed E-state index contributed by atoms with van der Waals surface area (Å²) < 4.78 is 5.25. The Balaban J connectivity index is 1.32. The van der Waals surface area contributed by atoms with E-state index in [1.807, 2.05) is 6.26 Å². The van der Waals surface area contributed by atoms with E-state index in [1.165, 1.54) is 50.3 Å². The van der Waals surface area contributed by atoms with E-state index in [1.54, 1.807) is 18.3 Å². The molecule has 0 aliphatic heterocycles. The summed E-state index contributed by atoms with van der Waals surface area (Å²) >= 11 is 1.39. The Morgan fingerprint density at radius 2 is 1.89 bits per heavy atom. The van der Waals surface area contributed by atoms with Crippen LogP contribution >= 0.6 is 11.8 Å². The van der Waals surface area contributed by atoms with Crippen molar-refractivity contribution in [2.45, 2.75) is 56.5 Å². The molecule has 0 spiro atoms. The van der Waals surface area contributed by atoms with Crippen LogP contribution in [0.4, 0.5) is 0 Å². The van der Waals surface area contributed by atoms with Gasteiger partial charge in [0.05, 0.1) is 5.56 Å². The van der Waals surface area contributed by atoms with Gasteiger partial charge in [-0.1, -0.05) is 0 Å². The number of nitrogens with zero attached hydrogens (tertiary/aromatic N) is 1. The Labute approximate surface area is 165 Å². The van der Waals surface area contributed by atoms with Gasteiger partial charge >= 0.3 is 5.97 Å². The van der Waals surface area contributed by atoms with Crippen LogP contribution in [0.15, 0.2) is 23.4 Å². The highest BCUT2D eigenvalue weighted by Gasteiger charge is 2.53. The minimum Gasteiger partial charge on any atom is -0.452 e. The maximum Gasteiger partial charge on any atom is 0.341 e. The molecule has 6 heteroatoms. The first-order chi connectivity index (χ1) is 13.0. The Bertz CT molecular complexity index is 701. The van der Waals surface area contributed by atoms with Crippen molar-refractivity contribution >= 4 is 23.6 Å². The number of amides is 1. The lowest BCUT2D eigenvalue weighted by Crippen LogP contribution is -2.56. The van der Waals surface area contributed by atoms with Crippen LogP contribution in [0.3, 0.4) is 0 Å². The van der Waals surface area contributed by atoms with Gasteiger partial charge in [-0.15, -0.1) is 11.8 Å². The monoisotopic (exact) mass is 388 g/mol. The summed E-state index contributed by atoms with van der Waals surface area (Å²) in [5, 5.41) is 3.75. The molecule has 1 N–H and O–H groups in total. The number of rotatable bonds is 6. The average Bonchev–Trinajstić information content (AvgIpc) is 2.65. The number of pyridine rings is 1. The normalized spacial score (nSPS) is 32.1. The van der Waals surface area contributed by atoms with E-state index in [9.17, 15) is 9.59 Å². The number of carbonyl (C=O) groups excluding carboxylic acids is 2. The molecular formula is C21H28N2O3S. The van der Waals surface area contributed by atoms with Crippen LogP contribution < -0.4 is 5.32 Å². The number of nitrogens with one attached hydrogen (secondary N) is 1. The minimum atomic E-state index is -0.495. The van der Waals surface area contributed by atoms with Gasteiger partial charge in [0, 0.05) is 12.2 Å². The Hall–Kier alpha value is -1.56. The lowest BCUT2D eigenvalue weighted by atomic mass is 9.48. The molecule has 4 bridgehead atoms. The molecule has 0 unspecified atom stereocenters. The second-order valence-corrected chi connectivity index (χ2v) is 9.50. The average molecular weight is 389 g/mol. The third-order valence-electron chi connectivity index (χ3n) is 6.90. The molecule has 4 aliphatic rings. The molecule has 146 valence electrons. The SMILES string of the molecule is CSc1ncccc1C(=O)OCC(=O)N[C@@H](C)C12CC3CC(CC(C3)C1)C2. The molecule has 4 saturated carbocycles. The van der Waals surface area contributed by atoms with Gasteiger partial charge in [-0.3, -0.25) is 4.79 Å². The first-order valence-electron chi connectivity index (χ1n) is 9.94. The summed E-state index contributed by atoms with van der Waals surface area (Å²) in [5.41, 5.74) is 0.663. The van der Waals surface area contributed by atoms with E-state index in [0.717, 1.165) is 17.8 Å². The van der Waals surface area contributed by atoms with Gasteiger partial charge in [0.15, 0.2) is 6.61 Å². The van der Waals surface area contributed by atoms with Gasteiger partial charge in [-0.25, -0.2) is 9.78 Å². The highest BCUT2D eigenvalue weighted by Crippen LogP contribution is 2.61. The van der Waals surface area contributed by atoms with Crippen molar-refractivity contribution in [2.24, 2.45) is 23.2 Å². The largest absolute Gasteiger partial charge is 0.452 e. The van der Waals surface area contributed by atoms with Crippen molar-refractivity contribution in [1.82, 2.24) is 10.3 Å². The second-order valence-electron chi connectivity index (χ2n) is 8.71. The summed E-state index contributed by atoms with van der Waals surface area (Å²) in [4.78, 5) is 28.9. The number of carbonyl (C=O) groups is 2. The van der Waals surface area contributed by atoms with E-state index in [2.05, 4.69) is 17.2 Å². The Morgan fingerprint density at radius 3 is 2.48 bits per heavy atom. The highest BCUT2D eigenvalue weighted by atomic mass is 32.2. The van der Waals surface area contributed by atoms with Gasteiger partial charge in [-0.2, -0.15) is 0 Å². The van der Waals surface area contributed by atoms with Crippen LogP contribution in [0.1, 0.15) is 55.8 Å². The number of hydrogen-bond acceptors (Lipinski definition) is 5. The molecule has 27 heavy (non-hydrogen) atoms. The van der Waals surface area contributed by atoms with Gasteiger partial charge in [-0.05, 0) is 87.0 Å². The maximum absolute atomic E-state index is 12.4. The Kier molecular flexibility index (Phi) is 5.19. The molecule has 5 rings (SSSR count). The first-order valence-corrected chi connectivity index (χ1v) is 11.2. The van der Waals surface area contributed by atoms with Crippen molar-refractivity contribution in [3.8, 4) is 0 Å². The number of esters is 1. The van der Waals surface area contributed by atoms with Crippen LogP contribution in [0.5, 0.6) is 0 Å². The molecule has 4 aliphatic carbocycles. The van der Waals surface area contributed by atoms with E-state index in [4.69, 9.17) is 4.74 Å². The maximum atomic E-state index is 12.4. The Morgan fingerprint density at radius 1 is 1.26 bits per heavy atom. The fourth-order valence-electron chi connectivity index (χ4n) is 6.06. The fourth-order valence-corrected chi connectivity index (χ4v) is 6.60. The first kappa shape index (κ1) is 18.8. The summed E-state index contributed by atoms with van der Waals surface area (Å²) in [6.07, 6.45) is 11.4. The summed E-state index contributed by atoms with van der Waals surface area (Å²) in [6.45, 7) is 1.90. The minimum absolute atomic E-state index is 0.136. The molecule has 1 amide bonds. The molecule has 1 aromatic rings. The van der Waals surface area contributed by atoms with Crippen molar-refractivity contribution in [1.29, 1.82) is 0 Å². The number of ether oxygens (including phenoxy) is 1.